The lowest BCUT2D eigenvalue weighted by molar-refractivity contribution is 0.0950. The first kappa shape index (κ1) is 16.3. The van der Waals surface area contributed by atoms with E-state index in [0.717, 1.165) is 11.6 Å². The zero-order chi connectivity index (χ0) is 18.5. The highest BCUT2D eigenvalue weighted by atomic mass is 19.1. The molecule has 3 aromatic rings. The number of carbonyl (C=O) groups excluding carboxylic acids is 1. The van der Waals surface area contributed by atoms with Crippen molar-refractivity contribution in [2.24, 2.45) is 0 Å². The van der Waals surface area contributed by atoms with Gasteiger partial charge in [0.25, 0.3) is 5.91 Å². The van der Waals surface area contributed by atoms with Gasteiger partial charge in [-0.1, -0.05) is 12.1 Å². The largest absolute Gasteiger partial charge is 0.482 e. The number of para-hydroxylation sites is 1. The summed E-state index contributed by atoms with van der Waals surface area (Å²) in [4.78, 5) is 12.7. The van der Waals surface area contributed by atoms with Crippen LogP contribution in [0, 0.1) is 11.6 Å². The van der Waals surface area contributed by atoms with E-state index in [-0.39, 0.29) is 11.4 Å². The van der Waals surface area contributed by atoms with Gasteiger partial charge < -0.3 is 10.1 Å². The van der Waals surface area contributed by atoms with Gasteiger partial charge in [0, 0.05) is 11.6 Å². The van der Waals surface area contributed by atoms with Crippen LogP contribution >= 0.6 is 0 Å². The van der Waals surface area contributed by atoms with Gasteiger partial charge in [-0.25, -0.2) is 8.78 Å². The molecule has 0 aliphatic carbocycles. The molecule has 0 bridgehead atoms. The number of benzene rings is 2. The molecule has 2 heterocycles. The second kappa shape index (κ2) is 5.66. The molecule has 1 aliphatic heterocycles. The van der Waals surface area contributed by atoms with Crippen LogP contribution in [0.5, 0.6) is 5.75 Å². The molecule has 0 spiro atoms. The molecule has 2 aromatic carbocycles. The van der Waals surface area contributed by atoms with E-state index in [1.54, 1.807) is 0 Å². The van der Waals surface area contributed by atoms with Gasteiger partial charge in [-0.15, -0.1) is 0 Å². The number of anilines is 1. The predicted molar refractivity (Wildman–Crippen MR) is 92.0 cm³/mol. The second-order valence-electron chi connectivity index (χ2n) is 6.51. The number of nitrogens with one attached hydrogen (secondary N) is 2. The molecule has 5 nitrogen and oxygen atoms in total. The van der Waals surface area contributed by atoms with E-state index in [0.29, 0.717) is 23.1 Å². The first-order valence-corrected chi connectivity index (χ1v) is 8.00. The zero-order valence-electron chi connectivity index (χ0n) is 14.1. The average molecular weight is 355 g/mol. The third kappa shape index (κ3) is 2.52. The fourth-order valence-electron chi connectivity index (χ4n) is 3.14. The normalized spacial score (nSPS) is 14.2. The lowest BCUT2D eigenvalue weighted by Gasteiger charge is -2.32. The van der Waals surface area contributed by atoms with Gasteiger partial charge >= 0.3 is 0 Å². The lowest BCUT2D eigenvalue weighted by atomic mass is 9.89. The molecule has 132 valence electrons. The minimum Gasteiger partial charge on any atom is -0.482 e. The molecule has 0 saturated carbocycles. The molecule has 1 aliphatic rings. The van der Waals surface area contributed by atoms with Crippen LogP contribution in [0.3, 0.4) is 0 Å². The Hall–Kier alpha value is -3.22. The SMILES string of the molecule is CC1(C)Oc2ccccc2-c2n[nH]c(C(=O)Nc3ccc(F)cc3F)c21. The number of hydrogen-bond donors (Lipinski definition) is 2. The van der Waals surface area contributed by atoms with Gasteiger partial charge in [-0.05, 0) is 38.1 Å². The Kier molecular flexibility index (Phi) is 3.54. The number of halogens is 2. The Morgan fingerprint density at radius 3 is 2.73 bits per heavy atom. The van der Waals surface area contributed by atoms with E-state index in [1.165, 1.54) is 6.07 Å². The Labute approximate surface area is 148 Å². The highest BCUT2D eigenvalue weighted by Gasteiger charge is 2.39. The van der Waals surface area contributed by atoms with Crippen molar-refractivity contribution >= 4 is 11.6 Å². The van der Waals surface area contributed by atoms with Gasteiger partial charge in [0.15, 0.2) is 0 Å². The summed E-state index contributed by atoms with van der Waals surface area (Å²) >= 11 is 0. The van der Waals surface area contributed by atoms with Crippen molar-refractivity contribution in [3.05, 3.63) is 65.4 Å². The summed E-state index contributed by atoms with van der Waals surface area (Å²) in [5, 5.41) is 9.44. The predicted octanol–water partition coefficient (Wildman–Crippen LogP) is 4.23. The Morgan fingerprint density at radius 1 is 1.19 bits per heavy atom. The Bertz CT molecular complexity index is 1030. The van der Waals surface area contributed by atoms with Crippen LogP contribution < -0.4 is 10.1 Å². The van der Waals surface area contributed by atoms with Crippen LogP contribution in [0.1, 0.15) is 29.9 Å². The highest BCUT2D eigenvalue weighted by Crippen LogP contribution is 2.45. The van der Waals surface area contributed by atoms with Crippen molar-refractivity contribution in [2.75, 3.05) is 5.32 Å². The summed E-state index contributed by atoms with van der Waals surface area (Å²) in [5.41, 5.74) is 1.20. The molecule has 26 heavy (non-hydrogen) atoms. The van der Waals surface area contributed by atoms with Gasteiger partial charge in [0.05, 0.1) is 11.3 Å². The number of amides is 1. The topological polar surface area (TPSA) is 67.0 Å². The van der Waals surface area contributed by atoms with Gasteiger partial charge in [0.1, 0.15) is 34.4 Å². The van der Waals surface area contributed by atoms with Crippen molar-refractivity contribution in [3.63, 3.8) is 0 Å². The van der Waals surface area contributed by atoms with E-state index in [9.17, 15) is 13.6 Å². The lowest BCUT2D eigenvalue weighted by Crippen LogP contribution is -2.31. The zero-order valence-corrected chi connectivity index (χ0v) is 14.1. The highest BCUT2D eigenvalue weighted by molar-refractivity contribution is 6.05. The number of H-pyrrole nitrogens is 1. The molecule has 0 radical (unpaired) electrons. The van der Waals surface area contributed by atoms with Crippen LogP contribution in [0.25, 0.3) is 11.3 Å². The van der Waals surface area contributed by atoms with Crippen LogP contribution in [-0.4, -0.2) is 16.1 Å². The number of aromatic amines is 1. The molecular weight excluding hydrogens is 340 g/mol. The number of rotatable bonds is 2. The number of fused-ring (bicyclic) bond motifs is 3. The maximum absolute atomic E-state index is 13.8. The van der Waals surface area contributed by atoms with Gasteiger partial charge in [-0.2, -0.15) is 5.10 Å². The summed E-state index contributed by atoms with van der Waals surface area (Å²) in [5.74, 6) is -1.48. The first-order valence-electron chi connectivity index (χ1n) is 8.00. The standard InChI is InChI=1S/C19H15F2N3O2/c1-19(2)15-16(11-5-3-4-6-14(11)26-19)23-24-17(15)18(25)22-13-8-7-10(20)9-12(13)21/h3-9H,1-2H3,(H,22,25)(H,23,24). The van der Waals surface area contributed by atoms with E-state index < -0.39 is 23.1 Å². The van der Waals surface area contributed by atoms with Crippen molar-refractivity contribution in [3.8, 4) is 17.0 Å². The van der Waals surface area contributed by atoms with E-state index in [2.05, 4.69) is 15.5 Å². The number of aromatic nitrogens is 2. The molecule has 0 fully saturated rings. The second-order valence-corrected chi connectivity index (χ2v) is 6.51. The summed E-state index contributed by atoms with van der Waals surface area (Å²) in [6, 6.07) is 10.4. The number of hydrogen-bond acceptors (Lipinski definition) is 3. The van der Waals surface area contributed by atoms with Crippen LogP contribution in [0.2, 0.25) is 0 Å². The molecule has 4 rings (SSSR count). The van der Waals surface area contributed by atoms with Crippen molar-refractivity contribution in [1.29, 1.82) is 0 Å². The maximum atomic E-state index is 13.8. The fourth-order valence-corrected chi connectivity index (χ4v) is 3.14. The molecule has 0 atom stereocenters. The van der Waals surface area contributed by atoms with E-state index in [1.807, 2.05) is 38.1 Å². The summed E-state index contributed by atoms with van der Waals surface area (Å²) in [7, 11) is 0. The van der Waals surface area contributed by atoms with Gasteiger partial charge in [0.2, 0.25) is 0 Å². The Morgan fingerprint density at radius 2 is 1.96 bits per heavy atom. The molecule has 7 heteroatoms. The number of ether oxygens (including phenoxy) is 1. The van der Waals surface area contributed by atoms with E-state index >= 15 is 0 Å². The maximum Gasteiger partial charge on any atom is 0.274 e. The molecular formula is C19H15F2N3O2. The number of carbonyl (C=O) groups is 1. The third-order valence-corrected chi connectivity index (χ3v) is 4.28. The molecule has 1 amide bonds. The number of nitrogens with zero attached hydrogens (tertiary/aromatic N) is 1. The fraction of sp³-hybridized carbons (Fsp3) is 0.158. The molecule has 1 aromatic heterocycles. The molecule has 0 saturated heterocycles. The smallest absolute Gasteiger partial charge is 0.274 e. The van der Waals surface area contributed by atoms with Crippen molar-refractivity contribution in [1.82, 2.24) is 10.2 Å². The average Bonchev–Trinajstić information content (AvgIpc) is 3.04. The molecule has 2 N–H and O–H groups in total. The van der Waals surface area contributed by atoms with E-state index in [4.69, 9.17) is 4.74 Å². The first-order chi connectivity index (χ1) is 12.4. The van der Waals surface area contributed by atoms with Crippen LogP contribution in [0.4, 0.5) is 14.5 Å². The molecule has 0 unspecified atom stereocenters. The third-order valence-electron chi connectivity index (χ3n) is 4.28. The van der Waals surface area contributed by atoms with Crippen molar-refractivity contribution < 1.29 is 18.3 Å². The van der Waals surface area contributed by atoms with Crippen LogP contribution in [0.15, 0.2) is 42.5 Å². The monoisotopic (exact) mass is 355 g/mol. The Balaban J connectivity index is 1.76. The minimum atomic E-state index is -0.854. The van der Waals surface area contributed by atoms with Gasteiger partial charge in [-0.3, -0.25) is 9.89 Å². The minimum absolute atomic E-state index is 0.116. The summed E-state index contributed by atoms with van der Waals surface area (Å²) < 4.78 is 32.9. The quantitative estimate of drug-likeness (QED) is 0.723. The van der Waals surface area contributed by atoms with Crippen LogP contribution in [-0.2, 0) is 5.60 Å². The summed E-state index contributed by atoms with van der Waals surface area (Å²) in [6.07, 6.45) is 0. The van der Waals surface area contributed by atoms with Crippen molar-refractivity contribution in [2.45, 2.75) is 19.4 Å². The summed E-state index contributed by atoms with van der Waals surface area (Å²) in [6.45, 7) is 3.65.